The maximum absolute atomic E-state index is 13.1. The van der Waals surface area contributed by atoms with Crippen molar-refractivity contribution in [2.24, 2.45) is 7.05 Å². The van der Waals surface area contributed by atoms with Crippen LogP contribution in [0.4, 0.5) is 0 Å². The van der Waals surface area contributed by atoms with Gasteiger partial charge < -0.3 is 9.47 Å². The van der Waals surface area contributed by atoms with Gasteiger partial charge in [-0.15, -0.1) is 0 Å². The minimum Gasteiger partial charge on any atom is -0.493 e. The molecule has 0 aliphatic carbocycles. The highest BCUT2D eigenvalue weighted by atomic mass is 16.6. The number of hydrogen-bond donors (Lipinski definition) is 0. The Morgan fingerprint density at radius 2 is 1.68 bits per heavy atom. The quantitative estimate of drug-likeness (QED) is 0.397. The van der Waals surface area contributed by atoms with Gasteiger partial charge in [-0.05, 0) is 25.1 Å². The van der Waals surface area contributed by atoms with Crippen molar-refractivity contribution >= 4 is 17.0 Å². The number of benzene rings is 2. The van der Waals surface area contributed by atoms with E-state index in [4.69, 9.17) is 14.5 Å². The first-order chi connectivity index (χ1) is 13.6. The number of aryl methyl sites for hydroxylation is 2. The third-order valence-electron chi connectivity index (χ3n) is 4.53. The van der Waals surface area contributed by atoms with Gasteiger partial charge in [0, 0.05) is 12.6 Å². The highest BCUT2D eigenvalue weighted by Gasteiger charge is 2.21. The second kappa shape index (κ2) is 7.15. The van der Waals surface area contributed by atoms with E-state index in [0.717, 1.165) is 11.3 Å². The van der Waals surface area contributed by atoms with Crippen LogP contribution in [0.2, 0.25) is 0 Å². The van der Waals surface area contributed by atoms with Crippen molar-refractivity contribution < 1.29 is 14.3 Å². The van der Waals surface area contributed by atoms with E-state index in [1.807, 2.05) is 50.4 Å². The Kier molecular flexibility index (Phi) is 4.53. The zero-order valence-corrected chi connectivity index (χ0v) is 15.8. The van der Waals surface area contributed by atoms with Crippen LogP contribution in [0.25, 0.3) is 22.3 Å². The monoisotopic (exact) mass is 373 g/mol. The number of esters is 1. The van der Waals surface area contributed by atoms with Crippen LogP contribution >= 0.6 is 0 Å². The fourth-order valence-corrected chi connectivity index (χ4v) is 3.22. The minimum atomic E-state index is -0.481. The molecule has 0 saturated heterocycles. The van der Waals surface area contributed by atoms with E-state index < -0.39 is 5.97 Å². The lowest BCUT2D eigenvalue weighted by atomic mass is 10.1. The molecule has 0 unspecified atom stereocenters. The van der Waals surface area contributed by atoms with E-state index in [-0.39, 0.29) is 0 Å². The number of hydrogen-bond acceptors (Lipinski definition) is 5. The number of carbonyl (C=O) groups is 1. The highest BCUT2D eigenvalue weighted by Crippen LogP contribution is 2.30. The number of nitrogens with zero attached hydrogens (tertiary/aromatic N) is 3. The predicted octanol–water partition coefficient (Wildman–Crippen LogP) is 4.17. The standard InChI is InChI=1S/C22H19N3O3/c1-14-20-16(22(26)28-19-12-8-7-11-18(19)27-3)13-17(15-9-5-4-6-10-15)23-21(20)25(2)24-14/h4-13H,1-3H3. The van der Waals surface area contributed by atoms with Crippen molar-refractivity contribution in [1.29, 1.82) is 0 Å². The molecule has 2 aromatic heterocycles. The van der Waals surface area contributed by atoms with Crippen molar-refractivity contribution in [3.05, 3.63) is 71.9 Å². The van der Waals surface area contributed by atoms with Crippen molar-refractivity contribution in [3.8, 4) is 22.8 Å². The molecule has 140 valence electrons. The molecule has 0 amide bonds. The Hall–Kier alpha value is -3.67. The molecule has 6 heteroatoms. The fraction of sp³-hybridized carbons (Fsp3) is 0.136. The second-order valence-electron chi connectivity index (χ2n) is 6.37. The topological polar surface area (TPSA) is 66.2 Å². The predicted molar refractivity (Wildman–Crippen MR) is 107 cm³/mol. The number of carbonyl (C=O) groups excluding carboxylic acids is 1. The molecule has 0 radical (unpaired) electrons. The van der Waals surface area contributed by atoms with Crippen molar-refractivity contribution in [3.63, 3.8) is 0 Å². The van der Waals surface area contributed by atoms with Crippen LogP contribution in [0.1, 0.15) is 16.1 Å². The molecule has 0 saturated carbocycles. The van der Waals surface area contributed by atoms with Crippen LogP contribution in [0.15, 0.2) is 60.7 Å². The van der Waals surface area contributed by atoms with Crippen LogP contribution in [-0.4, -0.2) is 27.8 Å². The van der Waals surface area contributed by atoms with Crippen LogP contribution in [0.3, 0.4) is 0 Å². The second-order valence-corrected chi connectivity index (χ2v) is 6.37. The summed E-state index contributed by atoms with van der Waals surface area (Å²) in [4.78, 5) is 17.8. The zero-order valence-electron chi connectivity index (χ0n) is 15.8. The van der Waals surface area contributed by atoms with Crippen molar-refractivity contribution in [1.82, 2.24) is 14.8 Å². The average molecular weight is 373 g/mol. The van der Waals surface area contributed by atoms with E-state index in [0.29, 0.717) is 33.8 Å². The number of ether oxygens (including phenoxy) is 2. The van der Waals surface area contributed by atoms with Gasteiger partial charge in [0.05, 0.1) is 29.4 Å². The summed E-state index contributed by atoms with van der Waals surface area (Å²) in [5.41, 5.74) is 3.36. The summed E-state index contributed by atoms with van der Waals surface area (Å²) in [6.07, 6.45) is 0. The lowest BCUT2D eigenvalue weighted by Gasteiger charge is -2.11. The fourth-order valence-electron chi connectivity index (χ4n) is 3.22. The summed E-state index contributed by atoms with van der Waals surface area (Å²) in [6, 6.07) is 18.5. The van der Waals surface area contributed by atoms with E-state index in [9.17, 15) is 4.79 Å². The third-order valence-corrected chi connectivity index (χ3v) is 4.53. The molecule has 0 atom stereocenters. The lowest BCUT2D eigenvalue weighted by Crippen LogP contribution is -2.11. The summed E-state index contributed by atoms with van der Waals surface area (Å²) in [7, 11) is 3.35. The molecule has 2 aromatic carbocycles. The average Bonchev–Trinajstić information content (AvgIpc) is 3.02. The Labute approximate surface area is 162 Å². The Balaban J connectivity index is 1.86. The van der Waals surface area contributed by atoms with Gasteiger partial charge in [0.15, 0.2) is 17.1 Å². The Morgan fingerprint density at radius 3 is 2.39 bits per heavy atom. The molecule has 0 aliphatic rings. The number of aromatic nitrogens is 3. The van der Waals surface area contributed by atoms with Crippen molar-refractivity contribution in [2.45, 2.75) is 6.92 Å². The first-order valence-electron chi connectivity index (χ1n) is 8.83. The summed E-state index contributed by atoms with van der Waals surface area (Å²) in [6.45, 7) is 1.85. The van der Waals surface area contributed by atoms with Crippen LogP contribution < -0.4 is 9.47 Å². The molecule has 0 aliphatic heterocycles. The molecular formula is C22H19N3O3. The Morgan fingerprint density at radius 1 is 1.00 bits per heavy atom. The smallest absolute Gasteiger partial charge is 0.344 e. The number of rotatable bonds is 4. The normalized spacial score (nSPS) is 10.8. The summed E-state index contributed by atoms with van der Waals surface area (Å²) >= 11 is 0. The molecule has 0 spiro atoms. The van der Waals surface area contributed by atoms with Gasteiger partial charge in [0.25, 0.3) is 0 Å². The van der Waals surface area contributed by atoms with Crippen LogP contribution in [-0.2, 0) is 7.05 Å². The maximum atomic E-state index is 13.1. The first-order valence-corrected chi connectivity index (χ1v) is 8.83. The number of fused-ring (bicyclic) bond motifs is 1. The van der Waals surface area contributed by atoms with Gasteiger partial charge in [-0.3, -0.25) is 4.68 Å². The zero-order chi connectivity index (χ0) is 19.7. The molecule has 4 aromatic rings. The van der Waals surface area contributed by atoms with Crippen LogP contribution in [0.5, 0.6) is 11.5 Å². The number of methoxy groups -OCH3 is 1. The van der Waals surface area contributed by atoms with Crippen molar-refractivity contribution in [2.75, 3.05) is 7.11 Å². The van der Waals surface area contributed by atoms with Crippen LogP contribution in [0, 0.1) is 6.92 Å². The van der Waals surface area contributed by atoms with E-state index in [1.165, 1.54) is 7.11 Å². The maximum Gasteiger partial charge on any atom is 0.344 e. The SMILES string of the molecule is COc1ccccc1OC(=O)c1cc(-c2ccccc2)nc2c1c(C)nn2C. The molecule has 0 fully saturated rings. The molecular weight excluding hydrogens is 354 g/mol. The third kappa shape index (κ3) is 3.09. The van der Waals surface area contributed by atoms with Gasteiger partial charge in [0.2, 0.25) is 0 Å². The van der Waals surface area contributed by atoms with Gasteiger partial charge in [0.1, 0.15) is 0 Å². The van der Waals surface area contributed by atoms with Gasteiger partial charge in [-0.25, -0.2) is 9.78 Å². The molecule has 6 nitrogen and oxygen atoms in total. The highest BCUT2D eigenvalue weighted by molar-refractivity contribution is 6.05. The summed E-state index contributed by atoms with van der Waals surface area (Å²) in [5, 5.41) is 5.11. The molecule has 28 heavy (non-hydrogen) atoms. The molecule has 0 N–H and O–H groups in total. The minimum absolute atomic E-state index is 0.364. The summed E-state index contributed by atoms with van der Waals surface area (Å²) in [5.74, 6) is 0.375. The number of pyridine rings is 1. The molecule has 4 rings (SSSR count). The lowest BCUT2D eigenvalue weighted by molar-refractivity contribution is 0.0731. The number of para-hydroxylation sites is 2. The largest absolute Gasteiger partial charge is 0.493 e. The molecule has 2 heterocycles. The molecule has 0 bridgehead atoms. The van der Waals surface area contributed by atoms with E-state index in [2.05, 4.69) is 5.10 Å². The first kappa shape index (κ1) is 17.7. The Bertz CT molecular complexity index is 1170. The summed E-state index contributed by atoms with van der Waals surface area (Å²) < 4.78 is 12.6. The van der Waals surface area contributed by atoms with Gasteiger partial charge >= 0.3 is 5.97 Å². The van der Waals surface area contributed by atoms with E-state index in [1.54, 1.807) is 28.9 Å². The van der Waals surface area contributed by atoms with Gasteiger partial charge in [-0.1, -0.05) is 42.5 Å². The van der Waals surface area contributed by atoms with E-state index >= 15 is 0 Å². The van der Waals surface area contributed by atoms with Gasteiger partial charge in [-0.2, -0.15) is 5.10 Å².